The summed E-state index contributed by atoms with van der Waals surface area (Å²) in [5.41, 5.74) is 1.24. The summed E-state index contributed by atoms with van der Waals surface area (Å²) in [6.07, 6.45) is 2.63. The van der Waals surface area contributed by atoms with E-state index in [2.05, 4.69) is 18.7 Å². The third-order valence-electron chi connectivity index (χ3n) is 3.89. The summed E-state index contributed by atoms with van der Waals surface area (Å²) < 4.78 is 5.17. The van der Waals surface area contributed by atoms with Crippen LogP contribution in [0.5, 0.6) is 5.75 Å². The van der Waals surface area contributed by atoms with E-state index in [1.165, 1.54) is 5.56 Å². The first-order valence-corrected chi connectivity index (χ1v) is 9.26. The highest BCUT2D eigenvalue weighted by molar-refractivity contribution is 8.00. The summed E-state index contributed by atoms with van der Waals surface area (Å²) in [6.45, 7) is 7.01. The molecule has 0 aromatic heterocycles. The first-order valence-electron chi connectivity index (χ1n) is 8.38. The molecule has 4 heteroatoms. The lowest BCUT2D eigenvalue weighted by atomic mass is 10.1. The third kappa shape index (κ3) is 5.98. The van der Waals surface area contributed by atoms with E-state index in [4.69, 9.17) is 4.74 Å². The van der Waals surface area contributed by atoms with Crippen LogP contribution in [0.25, 0.3) is 0 Å². The molecule has 1 unspecified atom stereocenters. The average Bonchev–Trinajstić information content (AvgIpc) is 2.66. The smallest absolute Gasteiger partial charge is 0.236 e. The number of nitrogens with zero attached hydrogens (tertiary/aromatic N) is 1. The predicted molar refractivity (Wildman–Crippen MR) is 105 cm³/mol. The highest BCUT2D eigenvalue weighted by Gasteiger charge is 2.20. The molecule has 0 aliphatic carbocycles. The molecule has 3 nitrogen and oxygen atoms in total. The maximum absolute atomic E-state index is 12.8. The number of thioether (sulfide) groups is 1. The maximum atomic E-state index is 12.8. The fourth-order valence-electron chi connectivity index (χ4n) is 2.52. The van der Waals surface area contributed by atoms with E-state index in [-0.39, 0.29) is 11.2 Å². The Morgan fingerprint density at radius 2 is 1.88 bits per heavy atom. The first-order chi connectivity index (χ1) is 12.1. The van der Waals surface area contributed by atoms with Gasteiger partial charge in [0.1, 0.15) is 5.75 Å². The largest absolute Gasteiger partial charge is 0.497 e. The SMILES string of the molecule is C=CCN(CCc1ccccc1)C(=O)C(C)Sc1ccc(OC)cc1. The lowest BCUT2D eigenvalue weighted by molar-refractivity contribution is -0.129. The monoisotopic (exact) mass is 355 g/mol. The number of ether oxygens (including phenoxy) is 1. The maximum Gasteiger partial charge on any atom is 0.236 e. The second-order valence-corrected chi connectivity index (χ2v) is 7.16. The molecule has 0 spiro atoms. The van der Waals surface area contributed by atoms with Crippen LogP contribution >= 0.6 is 11.8 Å². The molecule has 1 atom stereocenters. The summed E-state index contributed by atoms with van der Waals surface area (Å²) in [5, 5.41) is -0.149. The van der Waals surface area contributed by atoms with Crippen LogP contribution in [0.1, 0.15) is 12.5 Å². The number of hydrogen-bond acceptors (Lipinski definition) is 3. The highest BCUT2D eigenvalue weighted by Crippen LogP contribution is 2.26. The standard InChI is InChI=1S/C21H25NO2S/c1-4-15-22(16-14-18-8-6-5-7-9-18)21(23)17(2)25-20-12-10-19(24-3)11-13-20/h4-13,17H,1,14-16H2,2-3H3. The van der Waals surface area contributed by atoms with Gasteiger partial charge in [0.15, 0.2) is 0 Å². The van der Waals surface area contributed by atoms with Crippen LogP contribution in [0.2, 0.25) is 0 Å². The minimum absolute atomic E-state index is 0.136. The Kier molecular flexibility index (Phi) is 7.61. The average molecular weight is 356 g/mol. The van der Waals surface area contributed by atoms with E-state index in [0.29, 0.717) is 13.1 Å². The number of carbonyl (C=O) groups is 1. The van der Waals surface area contributed by atoms with Gasteiger partial charge < -0.3 is 9.64 Å². The van der Waals surface area contributed by atoms with Crippen LogP contribution in [0.15, 0.2) is 72.1 Å². The fraction of sp³-hybridized carbons (Fsp3) is 0.286. The number of benzene rings is 2. The van der Waals surface area contributed by atoms with Crippen molar-refractivity contribution < 1.29 is 9.53 Å². The van der Waals surface area contributed by atoms with Gasteiger partial charge in [-0.1, -0.05) is 36.4 Å². The van der Waals surface area contributed by atoms with Gasteiger partial charge in [0.25, 0.3) is 0 Å². The molecule has 0 heterocycles. The van der Waals surface area contributed by atoms with Gasteiger partial charge in [-0.3, -0.25) is 4.79 Å². The van der Waals surface area contributed by atoms with E-state index in [1.807, 2.05) is 54.3 Å². The zero-order valence-electron chi connectivity index (χ0n) is 14.9. The first kappa shape index (κ1) is 19.1. The molecule has 1 amide bonds. The van der Waals surface area contributed by atoms with Crippen molar-refractivity contribution in [3.05, 3.63) is 72.8 Å². The number of hydrogen-bond donors (Lipinski definition) is 0. The van der Waals surface area contributed by atoms with Crippen molar-refractivity contribution >= 4 is 17.7 Å². The van der Waals surface area contributed by atoms with Crippen LogP contribution in [0, 0.1) is 0 Å². The number of methoxy groups -OCH3 is 1. The molecule has 132 valence electrons. The molecule has 0 aliphatic heterocycles. The Balaban J connectivity index is 1.95. The van der Waals surface area contributed by atoms with E-state index in [0.717, 1.165) is 17.1 Å². The number of carbonyl (C=O) groups excluding carboxylic acids is 1. The quantitative estimate of drug-likeness (QED) is 0.492. The van der Waals surface area contributed by atoms with Gasteiger partial charge in [-0.25, -0.2) is 0 Å². The molecule has 2 aromatic rings. The molecule has 0 aliphatic rings. The van der Waals surface area contributed by atoms with Crippen molar-refractivity contribution in [1.29, 1.82) is 0 Å². The van der Waals surface area contributed by atoms with E-state index < -0.39 is 0 Å². The molecular weight excluding hydrogens is 330 g/mol. The van der Waals surface area contributed by atoms with Crippen LogP contribution < -0.4 is 4.74 Å². The van der Waals surface area contributed by atoms with Crippen molar-refractivity contribution in [1.82, 2.24) is 4.90 Å². The molecule has 25 heavy (non-hydrogen) atoms. The summed E-state index contributed by atoms with van der Waals surface area (Å²) in [6, 6.07) is 18.0. The molecule has 2 rings (SSSR count). The van der Waals surface area contributed by atoms with Crippen molar-refractivity contribution in [2.45, 2.75) is 23.5 Å². The third-order valence-corrected chi connectivity index (χ3v) is 4.99. The van der Waals surface area contributed by atoms with E-state index in [9.17, 15) is 4.79 Å². The Morgan fingerprint density at radius 3 is 2.48 bits per heavy atom. The lowest BCUT2D eigenvalue weighted by Gasteiger charge is -2.24. The van der Waals surface area contributed by atoms with Gasteiger partial charge >= 0.3 is 0 Å². The molecular formula is C21H25NO2S. The summed E-state index contributed by atoms with van der Waals surface area (Å²) in [4.78, 5) is 15.7. The lowest BCUT2D eigenvalue weighted by Crippen LogP contribution is -2.38. The van der Waals surface area contributed by atoms with Gasteiger partial charge in [-0.2, -0.15) is 0 Å². The van der Waals surface area contributed by atoms with E-state index in [1.54, 1.807) is 24.9 Å². The van der Waals surface area contributed by atoms with Gasteiger partial charge in [0, 0.05) is 18.0 Å². The summed E-state index contributed by atoms with van der Waals surface area (Å²) >= 11 is 1.57. The van der Waals surface area contributed by atoms with Gasteiger partial charge in [0.05, 0.1) is 12.4 Å². The zero-order chi connectivity index (χ0) is 18.1. The Hall–Kier alpha value is -2.20. The Labute approximate surface area is 154 Å². The normalized spacial score (nSPS) is 11.6. The predicted octanol–water partition coefficient (Wildman–Crippen LogP) is 4.43. The van der Waals surface area contributed by atoms with Crippen molar-refractivity contribution in [3.8, 4) is 5.75 Å². The second-order valence-electron chi connectivity index (χ2n) is 5.74. The van der Waals surface area contributed by atoms with Crippen LogP contribution in [-0.2, 0) is 11.2 Å². The Morgan fingerprint density at radius 1 is 1.20 bits per heavy atom. The number of amides is 1. The molecule has 0 radical (unpaired) electrons. The molecule has 0 fully saturated rings. The molecule has 0 saturated heterocycles. The van der Waals surface area contributed by atoms with Crippen molar-refractivity contribution in [2.24, 2.45) is 0 Å². The van der Waals surface area contributed by atoms with Crippen LogP contribution in [0.3, 0.4) is 0 Å². The second kappa shape index (κ2) is 9.94. The van der Waals surface area contributed by atoms with Gasteiger partial charge in [0.2, 0.25) is 5.91 Å². The van der Waals surface area contributed by atoms with Crippen molar-refractivity contribution in [3.63, 3.8) is 0 Å². The van der Waals surface area contributed by atoms with Crippen LogP contribution in [-0.4, -0.2) is 36.3 Å². The molecule has 0 N–H and O–H groups in total. The molecule has 2 aromatic carbocycles. The zero-order valence-corrected chi connectivity index (χ0v) is 15.7. The fourth-order valence-corrected chi connectivity index (χ4v) is 3.47. The summed E-state index contributed by atoms with van der Waals surface area (Å²) in [5.74, 6) is 0.955. The van der Waals surface area contributed by atoms with E-state index >= 15 is 0 Å². The Bertz CT molecular complexity index is 670. The van der Waals surface area contributed by atoms with Gasteiger partial charge in [-0.05, 0) is 43.2 Å². The van der Waals surface area contributed by atoms with Crippen LogP contribution in [0.4, 0.5) is 0 Å². The molecule has 0 saturated carbocycles. The molecule has 0 bridgehead atoms. The minimum atomic E-state index is -0.149. The van der Waals surface area contributed by atoms with Crippen molar-refractivity contribution in [2.75, 3.05) is 20.2 Å². The van der Waals surface area contributed by atoms with Gasteiger partial charge in [-0.15, -0.1) is 18.3 Å². The summed E-state index contributed by atoms with van der Waals surface area (Å²) in [7, 11) is 1.65. The number of rotatable bonds is 9. The highest BCUT2D eigenvalue weighted by atomic mass is 32.2. The topological polar surface area (TPSA) is 29.5 Å². The minimum Gasteiger partial charge on any atom is -0.497 e.